The molecule has 0 aliphatic heterocycles. The van der Waals surface area contributed by atoms with Crippen molar-refractivity contribution in [2.24, 2.45) is 11.7 Å². The zero-order valence-corrected chi connectivity index (χ0v) is 9.34. The van der Waals surface area contributed by atoms with Gasteiger partial charge in [0, 0.05) is 16.7 Å². The van der Waals surface area contributed by atoms with Crippen LogP contribution in [0.3, 0.4) is 0 Å². The fraction of sp³-hybridized carbons (Fsp3) is 0.0714. The third kappa shape index (κ3) is 1.23. The van der Waals surface area contributed by atoms with Gasteiger partial charge in [-0.25, -0.2) is 0 Å². The normalized spacial score (nSPS) is 22.0. The van der Waals surface area contributed by atoms with Crippen LogP contribution in [-0.2, 0) is 4.79 Å². The third-order valence-corrected chi connectivity index (χ3v) is 3.26. The minimum Gasteiger partial charge on any atom is -0.396 e. The molecule has 0 radical (unpaired) electrons. The van der Waals surface area contributed by atoms with Gasteiger partial charge < -0.3 is 5.73 Å². The van der Waals surface area contributed by atoms with Gasteiger partial charge in [-0.2, -0.15) is 0 Å². The number of nitrogens with two attached hydrogens (primary N) is 1. The molecule has 4 nitrogen and oxygen atoms in total. The zero-order chi connectivity index (χ0) is 12.9. The Morgan fingerprint density at radius 1 is 0.889 bits per heavy atom. The number of benzene rings is 1. The molecule has 4 heteroatoms. The Morgan fingerprint density at radius 2 is 1.56 bits per heavy atom. The van der Waals surface area contributed by atoms with Crippen molar-refractivity contribution in [3.8, 4) is 0 Å². The van der Waals surface area contributed by atoms with Gasteiger partial charge in [0.1, 0.15) is 5.92 Å². The Morgan fingerprint density at radius 3 is 2.28 bits per heavy atom. The van der Waals surface area contributed by atoms with Crippen molar-refractivity contribution in [2.75, 3.05) is 0 Å². The summed E-state index contributed by atoms with van der Waals surface area (Å²) in [6, 6.07) is 6.53. The number of hydrogen-bond acceptors (Lipinski definition) is 4. The second kappa shape index (κ2) is 3.50. The number of rotatable bonds is 0. The van der Waals surface area contributed by atoms with Crippen LogP contribution in [0.5, 0.6) is 0 Å². The average Bonchev–Trinajstić information content (AvgIpc) is 2.39. The van der Waals surface area contributed by atoms with Gasteiger partial charge >= 0.3 is 0 Å². The maximum Gasteiger partial charge on any atom is 0.193 e. The first-order chi connectivity index (χ1) is 8.61. The van der Waals surface area contributed by atoms with Crippen LogP contribution in [0.1, 0.15) is 20.7 Å². The van der Waals surface area contributed by atoms with E-state index in [1.807, 2.05) is 0 Å². The summed E-state index contributed by atoms with van der Waals surface area (Å²) >= 11 is 0. The molecule has 0 heterocycles. The largest absolute Gasteiger partial charge is 0.396 e. The van der Waals surface area contributed by atoms with Crippen LogP contribution in [0.25, 0.3) is 0 Å². The first kappa shape index (κ1) is 10.7. The number of fused-ring (bicyclic) bond motifs is 2. The van der Waals surface area contributed by atoms with Crippen LogP contribution < -0.4 is 5.73 Å². The Balaban J connectivity index is 2.27. The van der Waals surface area contributed by atoms with Crippen molar-refractivity contribution in [3.05, 3.63) is 58.8 Å². The highest BCUT2D eigenvalue weighted by Gasteiger charge is 2.42. The molecule has 18 heavy (non-hydrogen) atoms. The maximum absolute atomic E-state index is 12.3. The maximum atomic E-state index is 12.3. The molecular weight excluding hydrogens is 230 g/mol. The second-order valence-electron chi connectivity index (χ2n) is 4.28. The Hall–Kier alpha value is -2.49. The summed E-state index contributed by atoms with van der Waals surface area (Å²) in [4.78, 5) is 36.4. The van der Waals surface area contributed by atoms with E-state index in [0.717, 1.165) is 0 Å². The van der Waals surface area contributed by atoms with Gasteiger partial charge in [0.05, 0.1) is 5.70 Å². The van der Waals surface area contributed by atoms with E-state index in [0.29, 0.717) is 11.1 Å². The van der Waals surface area contributed by atoms with Crippen molar-refractivity contribution >= 4 is 17.3 Å². The summed E-state index contributed by atoms with van der Waals surface area (Å²) in [5.74, 6) is -2.16. The molecule has 0 spiro atoms. The third-order valence-electron chi connectivity index (χ3n) is 3.26. The smallest absolute Gasteiger partial charge is 0.193 e. The lowest BCUT2D eigenvalue weighted by Crippen LogP contribution is -2.38. The summed E-state index contributed by atoms with van der Waals surface area (Å²) in [5.41, 5.74) is 6.41. The summed E-state index contributed by atoms with van der Waals surface area (Å²) in [7, 11) is 0. The molecule has 0 aromatic heterocycles. The quantitative estimate of drug-likeness (QED) is 0.686. The molecule has 3 rings (SSSR count). The van der Waals surface area contributed by atoms with E-state index in [4.69, 9.17) is 5.73 Å². The van der Waals surface area contributed by atoms with Gasteiger partial charge in [-0.15, -0.1) is 0 Å². The van der Waals surface area contributed by atoms with Crippen molar-refractivity contribution in [2.45, 2.75) is 0 Å². The lowest BCUT2D eigenvalue weighted by atomic mass is 9.73. The molecule has 88 valence electrons. The fourth-order valence-electron chi connectivity index (χ4n) is 2.34. The molecule has 0 fully saturated rings. The molecule has 0 amide bonds. The fourth-order valence-corrected chi connectivity index (χ4v) is 2.34. The van der Waals surface area contributed by atoms with Crippen LogP contribution in [-0.4, -0.2) is 17.3 Å². The van der Waals surface area contributed by atoms with Gasteiger partial charge in [-0.1, -0.05) is 30.3 Å². The average molecular weight is 239 g/mol. The van der Waals surface area contributed by atoms with Gasteiger partial charge in [0.25, 0.3) is 0 Å². The molecule has 1 unspecified atom stereocenters. The molecule has 2 aliphatic rings. The Labute approximate surface area is 103 Å². The van der Waals surface area contributed by atoms with Crippen LogP contribution in [0.2, 0.25) is 0 Å². The summed E-state index contributed by atoms with van der Waals surface area (Å²) in [5, 5.41) is 0. The Kier molecular flexibility index (Phi) is 2.07. The van der Waals surface area contributed by atoms with E-state index < -0.39 is 11.7 Å². The molecule has 1 aromatic carbocycles. The van der Waals surface area contributed by atoms with Crippen LogP contribution >= 0.6 is 0 Å². The van der Waals surface area contributed by atoms with Crippen molar-refractivity contribution < 1.29 is 14.4 Å². The van der Waals surface area contributed by atoms with Gasteiger partial charge in [0.2, 0.25) is 0 Å². The van der Waals surface area contributed by atoms with Crippen LogP contribution in [0.15, 0.2) is 47.7 Å². The van der Waals surface area contributed by atoms with E-state index in [-0.39, 0.29) is 22.8 Å². The van der Waals surface area contributed by atoms with E-state index in [1.54, 1.807) is 24.3 Å². The highest BCUT2D eigenvalue weighted by molar-refractivity contribution is 6.32. The van der Waals surface area contributed by atoms with Gasteiger partial charge in [-0.3, -0.25) is 14.4 Å². The molecule has 2 aliphatic carbocycles. The van der Waals surface area contributed by atoms with E-state index in [2.05, 4.69) is 0 Å². The number of ketones is 3. The number of allylic oxidation sites excluding steroid dienone is 4. The molecule has 1 atom stereocenters. The lowest BCUT2D eigenvalue weighted by Gasteiger charge is -2.26. The van der Waals surface area contributed by atoms with Gasteiger partial charge in [-0.05, 0) is 6.08 Å². The highest BCUT2D eigenvalue weighted by atomic mass is 16.2. The highest BCUT2D eigenvalue weighted by Crippen LogP contribution is 2.33. The van der Waals surface area contributed by atoms with Gasteiger partial charge in [0.15, 0.2) is 17.3 Å². The van der Waals surface area contributed by atoms with Crippen LogP contribution in [0.4, 0.5) is 0 Å². The first-order valence-corrected chi connectivity index (χ1v) is 5.51. The molecule has 0 bridgehead atoms. The lowest BCUT2D eigenvalue weighted by molar-refractivity contribution is -0.117. The molecule has 0 saturated carbocycles. The molecular formula is C14H9NO3. The van der Waals surface area contributed by atoms with E-state index in [9.17, 15) is 14.4 Å². The number of Topliss-reactive ketones (excluding diaryl/α,β-unsaturated/α-hetero) is 3. The summed E-state index contributed by atoms with van der Waals surface area (Å²) < 4.78 is 0. The minimum atomic E-state index is -1.06. The molecule has 1 aromatic rings. The monoisotopic (exact) mass is 239 g/mol. The number of carbonyl (C=O) groups is 3. The number of hydrogen-bond donors (Lipinski definition) is 1. The molecule has 2 N–H and O–H groups in total. The van der Waals surface area contributed by atoms with Crippen LogP contribution in [0, 0.1) is 5.92 Å². The van der Waals surface area contributed by atoms with E-state index >= 15 is 0 Å². The zero-order valence-electron chi connectivity index (χ0n) is 9.34. The SMILES string of the molecule is NC1=CC=C2C(=O)c3ccccc3C(=O)C2C1=O. The topological polar surface area (TPSA) is 77.2 Å². The number of carbonyl (C=O) groups excluding carboxylic acids is 3. The Bertz CT molecular complexity index is 667. The van der Waals surface area contributed by atoms with Crippen molar-refractivity contribution in [1.29, 1.82) is 0 Å². The standard InChI is InChI=1S/C14H9NO3/c15-10-6-5-9-11(14(10)18)13(17)8-4-2-1-3-7(8)12(9)16/h1-6,11H,15H2. The molecule has 0 saturated heterocycles. The first-order valence-electron chi connectivity index (χ1n) is 5.51. The van der Waals surface area contributed by atoms with Crippen molar-refractivity contribution in [1.82, 2.24) is 0 Å². The van der Waals surface area contributed by atoms with Crippen molar-refractivity contribution in [3.63, 3.8) is 0 Å². The summed E-state index contributed by atoms with van der Waals surface area (Å²) in [6.45, 7) is 0. The summed E-state index contributed by atoms with van der Waals surface area (Å²) in [6.07, 6.45) is 2.85. The predicted octanol–water partition coefficient (Wildman–Crippen LogP) is 1.03. The second-order valence-corrected chi connectivity index (χ2v) is 4.28. The predicted molar refractivity (Wildman–Crippen MR) is 64.0 cm³/mol. The minimum absolute atomic E-state index is 0.0179. The van der Waals surface area contributed by atoms with E-state index in [1.165, 1.54) is 12.2 Å².